The van der Waals surface area contributed by atoms with Gasteiger partial charge in [0.15, 0.2) is 11.3 Å². The van der Waals surface area contributed by atoms with E-state index in [1.165, 1.54) is 6.07 Å². The van der Waals surface area contributed by atoms with Crippen LogP contribution in [-0.4, -0.2) is 22.0 Å². The number of carbonyl (C=O) groups excluding carboxylic acids is 1. The van der Waals surface area contributed by atoms with Gasteiger partial charge < -0.3 is 4.74 Å². The molecule has 0 spiro atoms. The predicted molar refractivity (Wildman–Crippen MR) is 68.9 cm³/mol. The van der Waals surface area contributed by atoms with E-state index >= 15 is 0 Å². The number of esters is 1. The molecule has 2 heterocycles. The molecule has 0 aliphatic carbocycles. The molecule has 0 aliphatic rings. The van der Waals surface area contributed by atoms with Gasteiger partial charge in [-0.2, -0.15) is 13.2 Å². The Hall–Kier alpha value is -1.28. The molecule has 0 saturated carbocycles. The Balaban J connectivity index is 2.75. The molecule has 0 bridgehead atoms. The molecule has 20 heavy (non-hydrogen) atoms. The molecule has 0 aliphatic heterocycles. The topological polar surface area (TPSA) is 43.6 Å². The fraction of sp³-hybridized carbons (Fsp3) is 0.273. The van der Waals surface area contributed by atoms with Crippen molar-refractivity contribution in [2.45, 2.75) is 13.1 Å². The monoisotopic (exact) mass is 370 g/mol. The fourth-order valence-electron chi connectivity index (χ4n) is 1.63. The number of carbonyl (C=O) groups is 1. The molecule has 0 fully saturated rings. The lowest BCUT2D eigenvalue weighted by Crippen LogP contribution is -2.08. The smallest absolute Gasteiger partial charge is 0.419 e. The van der Waals surface area contributed by atoms with Crippen molar-refractivity contribution < 1.29 is 22.7 Å². The van der Waals surface area contributed by atoms with Crippen LogP contribution in [0.4, 0.5) is 13.2 Å². The molecule has 0 N–H and O–H groups in total. The standard InChI is InChI=1S/C11H7BrClF3N2O2/c1-2-20-10(19)7-8(13)18-6(12)4-3-5(9(18)17-7)11(14,15)16/h3-4H,2H2,1H3. The lowest BCUT2D eigenvalue weighted by Gasteiger charge is -2.08. The first kappa shape index (κ1) is 15.1. The summed E-state index contributed by atoms with van der Waals surface area (Å²) in [5, 5.41) is -0.239. The van der Waals surface area contributed by atoms with Crippen molar-refractivity contribution in [1.29, 1.82) is 0 Å². The molecule has 0 aromatic carbocycles. The third-order valence-corrected chi connectivity index (χ3v) is 3.40. The summed E-state index contributed by atoms with van der Waals surface area (Å²) in [6.07, 6.45) is -4.61. The minimum atomic E-state index is -4.61. The number of hydrogen-bond donors (Lipinski definition) is 0. The average molecular weight is 372 g/mol. The van der Waals surface area contributed by atoms with Crippen LogP contribution in [-0.2, 0) is 10.9 Å². The van der Waals surface area contributed by atoms with Gasteiger partial charge in [-0.05, 0) is 35.0 Å². The van der Waals surface area contributed by atoms with Gasteiger partial charge in [-0.15, -0.1) is 0 Å². The second kappa shape index (κ2) is 5.25. The summed E-state index contributed by atoms with van der Waals surface area (Å²) >= 11 is 8.99. The van der Waals surface area contributed by atoms with Crippen LogP contribution in [0.25, 0.3) is 5.65 Å². The SMILES string of the molecule is CCOC(=O)c1nc2c(C(F)(F)F)ccc(Br)n2c1Cl. The van der Waals surface area contributed by atoms with E-state index in [1.807, 2.05) is 0 Å². The molecule has 2 rings (SSSR count). The fourth-order valence-corrected chi connectivity index (χ4v) is 2.50. The van der Waals surface area contributed by atoms with Crippen LogP contribution in [0.3, 0.4) is 0 Å². The Morgan fingerprint density at radius 1 is 1.50 bits per heavy atom. The Labute approximate surface area is 124 Å². The summed E-state index contributed by atoms with van der Waals surface area (Å²) < 4.78 is 44.7. The Kier molecular flexibility index (Phi) is 3.97. The second-order valence-electron chi connectivity index (χ2n) is 3.70. The van der Waals surface area contributed by atoms with Gasteiger partial charge in [0.25, 0.3) is 0 Å². The zero-order valence-electron chi connectivity index (χ0n) is 9.96. The number of ether oxygens (including phenoxy) is 1. The van der Waals surface area contributed by atoms with Crippen molar-refractivity contribution in [3.63, 3.8) is 0 Å². The molecule has 0 saturated heterocycles. The van der Waals surface area contributed by atoms with Crippen LogP contribution in [0.1, 0.15) is 23.0 Å². The zero-order chi connectivity index (χ0) is 15.1. The highest BCUT2D eigenvalue weighted by molar-refractivity contribution is 9.10. The predicted octanol–water partition coefficient (Wildman–Crippen LogP) is 3.95. The van der Waals surface area contributed by atoms with Gasteiger partial charge in [0, 0.05) is 0 Å². The van der Waals surface area contributed by atoms with Crippen molar-refractivity contribution in [1.82, 2.24) is 9.38 Å². The molecule has 0 radical (unpaired) electrons. The van der Waals surface area contributed by atoms with Gasteiger partial charge in [0.05, 0.1) is 16.8 Å². The average Bonchev–Trinajstić information content (AvgIpc) is 2.67. The van der Waals surface area contributed by atoms with Gasteiger partial charge in [-0.3, -0.25) is 4.40 Å². The maximum absolute atomic E-state index is 12.9. The molecular weight excluding hydrogens is 364 g/mol. The van der Waals surface area contributed by atoms with Crippen LogP contribution in [0.15, 0.2) is 16.7 Å². The van der Waals surface area contributed by atoms with Crippen molar-refractivity contribution >= 4 is 39.1 Å². The van der Waals surface area contributed by atoms with Crippen LogP contribution < -0.4 is 0 Å². The summed E-state index contributed by atoms with van der Waals surface area (Å²) in [6, 6.07) is 2.04. The minimum Gasteiger partial charge on any atom is -0.461 e. The first-order chi connectivity index (χ1) is 9.27. The molecule has 2 aromatic heterocycles. The third-order valence-electron chi connectivity index (χ3n) is 2.44. The van der Waals surface area contributed by atoms with Gasteiger partial charge in [0.1, 0.15) is 5.15 Å². The molecule has 0 amide bonds. The maximum atomic E-state index is 12.9. The van der Waals surface area contributed by atoms with Crippen LogP contribution >= 0.6 is 27.5 Å². The highest BCUT2D eigenvalue weighted by Crippen LogP contribution is 2.35. The van der Waals surface area contributed by atoms with Crippen LogP contribution in [0.2, 0.25) is 5.15 Å². The lowest BCUT2D eigenvalue weighted by molar-refractivity contribution is -0.136. The van der Waals surface area contributed by atoms with Crippen molar-refractivity contribution in [3.05, 3.63) is 33.1 Å². The lowest BCUT2D eigenvalue weighted by atomic mass is 10.2. The first-order valence-corrected chi connectivity index (χ1v) is 6.55. The molecule has 108 valence electrons. The number of rotatable bonds is 2. The molecule has 2 aromatic rings. The number of imidazole rings is 1. The highest BCUT2D eigenvalue weighted by Gasteiger charge is 2.35. The van der Waals surface area contributed by atoms with Gasteiger partial charge in [-0.1, -0.05) is 11.6 Å². The van der Waals surface area contributed by atoms with Crippen molar-refractivity contribution in [3.8, 4) is 0 Å². The van der Waals surface area contributed by atoms with E-state index in [0.717, 1.165) is 10.5 Å². The van der Waals surface area contributed by atoms with E-state index in [2.05, 4.69) is 20.9 Å². The summed E-state index contributed by atoms with van der Waals surface area (Å²) in [4.78, 5) is 15.3. The summed E-state index contributed by atoms with van der Waals surface area (Å²) in [7, 11) is 0. The molecule has 4 nitrogen and oxygen atoms in total. The van der Waals surface area contributed by atoms with Gasteiger partial charge in [-0.25, -0.2) is 9.78 Å². The summed E-state index contributed by atoms with van der Waals surface area (Å²) in [5.74, 6) is -0.874. The van der Waals surface area contributed by atoms with E-state index in [4.69, 9.17) is 16.3 Å². The van der Waals surface area contributed by atoms with Crippen LogP contribution in [0.5, 0.6) is 0 Å². The van der Waals surface area contributed by atoms with Crippen LogP contribution in [0, 0.1) is 0 Å². The van der Waals surface area contributed by atoms with E-state index in [0.29, 0.717) is 0 Å². The Morgan fingerprint density at radius 3 is 2.70 bits per heavy atom. The number of halogens is 5. The maximum Gasteiger partial charge on any atom is 0.419 e. The van der Waals surface area contributed by atoms with Crippen molar-refractivity contribution in [2.75, 3.05) is 6.61 Å². The van der Waals surface area contributed by atoms with Gasteiger partial charge in [0.2, 0.25) is 0 Å². The summed E-state index contributed by atoms with van der Waals surface area (Å²) in [5.41, 5.74) is -1.80. The number of aromatic nitrogens is 2. The third kappa shape index (κ3) is 2.49. The first-order valence-electron chi connectivity index (χ1n) is 5.38. The summed E-state index contributed by atoms with van der Waals surface area (Å²) in [6.45, 7) is 1.63. The van der Waals surface area contributed by atoms with Crippen molar-refractivity contribution in [2.24, 2.45) is 0 Å². The number of fused-ring (bicyclic) bond motifs is 1. The number of pyridine rings is 1. The molecule has 0 atom stereocenters. The Bertz CT molecular complexity index is 684. The van der Waals surface area contributed by atoms with E-state index in [1.54, 1.807) is 6.92 Å². The van der Waals surface area contributed by atoms with E-state index in [-0.39, 0.29) is 22.1 Å². The molecular formula is C11H7BrClF3N2O2. The number of nitrogens with zero attached hydrogens (tertiary/aromatic N) is 2. The quantitative estimate of drug-likeness (QED) is 0.593. The van der Waals surface area contributed by atoms with E-state index < -0.39 is 23.4 Å². The highest BCUT2D eigenvalue weighted by atomic mass is 79.9. The number of hydrogen-bond acceptors (Lipinski definition) is 3. The minimum absolute atomic E-state index is 0.0658. The second-order valence-corrected chi connectivity index (χ2v) is 4.87. The number of alkyl halides is 3. The Morgan fingerprint density at radius 2 is 2.15 bits per heavy atom. The molecule has 9 heteroatoms. The van der Waals surface area contributed by atoms with Gasteiger partial charge >= 0.3 is 12.1 Å². The van der Waals surface area contributed by atoms with E-state index in [9.17, 15) is 18.0 Å². The zero-order valence-corrected chi connectivity index (χ0v) is 12.3. The molecule has 0 unspecified atom stereocenters. The largest absolute Gasteiger partial charge is 0.461 e. The normalized spacial score (nSPS) is 11.9.